The van der Waals surface area contributed by atoms with E-state index in [1.807, 2.05) is 25.1 Å². The van der Waals surface area contributed by atoms with E-state index in [1.54, 1.807) is 6.07 Å². The quantitative estimate of drug-likeness (QED) is 0.684. The van der Waals surface area contributed by atoms with Gasteiger partial charge in [-0.3, -0.25) is 4.79 Å². The van der Waals surface area contributed by atoms with Crippen molar-refractivity contribution in [3.8, 4) is 6.07 Å². The van der Waals surface area contributed by atoms with Crippen molar-refractivity contribution in [3.05, 3.63) is 35.4 Å². The Morgan fingerprint density at radius 3 is 2.60 bits per heavy atom. The smallest absolute Gasteiger partial charge is 0.188 e. The summed E-state index contributed by atoms with van der Waals surface area (Å²) in [6, 6.07) is 9.39. The Bertz CT molecular complexity index is 441. The fourth-order valence-electron chi connectivity index (χ4n) is 1.64. The van der Waals surface area contributed by atoms with E-state index in [-0.39, 0.29) is 19.0 Å². The lowest BCUT2D eigenvalue weighted by atomic mass is 9.79. The average Bonchev–Trinajstić information content (AvgIpc) is 2.17. The molecule has 1 aliphatic rings. The summed E-state index contributed by atoms with van der Waals surface area (Å²) >= 11 is 0. The SMILES string of the molecule is Cc1ccccc1C(=O)C1(C#N)COC1. The molecule has 0 spiro atoms. The number of hydrogen-bond acceptors (Lipinski definition) is 3. The molecular formula is C12H11NO2. The first-order valence-corrected chi connectivity index (χ1v) is 4.79. The van der Waals surface area contributed by atoms with E-state index in [0.717, 1.165) is 5.56 Å². The van der Waals surface area contributed by atoms with Crippen LogP contribution in [0.25, 0.3) is 0 Å². The number of ketones is 1. The third-order valence-corrected chi connectivity index (χ3v) is 2.74. The van der Waals surface area contributed by atoms with Gasteiger partial charge in [-0.15, -0.1) is 0 Å². The number of Topliss-reactive ketones (excluding diaryl/α,β-unsaturated/α-hetero) is 1. The van der Waals surface area contributed by atoms with E-state index < -0.39 is 5.41 Å². The van der Waals surface area contributed by atoms with Gasteiger partial charge in [-0.05, 0) is 12.5 Å². The number of nitriles is 1. The van der Waals surface area contributed by atoms with Crippen molar-refractivity contribution in [1.29, 1.82) is 5.26 Å². The number of carbonyl (C=O) groups excluding carboxylic acids is 1. The zero-order chi connectivity index (χ0) is 10.9. The second-order valence-corrected chi connectivity index (χ2v) is 3.83. The zero-order valence-corrected chi connectivity index (χ0v) is 8.49. The van der Waals surface area contributed by atoms with Crippen molar-refractivity contribution in [1.82, 2.24) is 0 Å². The van der Waals surface area contributed by atoms with Crippen LogP contribution < -0.4 is 0 Å². The van der Waals surface area contributed by atoms with E-state index in [1.165, 1.54) is 0 Å². The van der Waals surface area contributed by atoms with Crippen LogP contribution in [0.1, 0.15) is 15.9 Å². The predicted molar refractivity (Wildman–Crippen MR) is 54.4 cm³/mol. The highest BCUT2D eigenvalue weighted by molar-refractivity contribution is 6.04. The Labute approximate surface area is 88.3 Å². The normalized spacial score (nSPS) is 17.6. The lowest BCUT2D eigenvalue weighted by molar-refractivity contribution is -0.0566. The molecule has 1 fully saturated rings. The number of ether oxygens (including phenoxy) is 1. The maximum Gasteiger partial charge on any atom is 0.188 e. The molecule has 0 unspecified atom stereocenters. The topological polar surface area (TPSA) is 50.1 Å². The number of aryl methyl sites for hydroxylation is 1. The summed E-state index contributed by atoms with van der Waals surface area (Å²) in [4.78, 5) is 12.1. The molecule has 1 saturated heterocycles. The van der Waals surface area contributed by atoms with Crippen LogP contribution >= 0.6 is 0 Å². The van der Waals surface area contributed by atoms with Crippen LogP contribution in [-0.2, 0) is 4.74 Å². The highest BCUT2D eigenvalue weighted by atomic mass is 16.5. The minimum absolute atomic E-state index is 0.116. The third-order valence-electron chi connectivity index (χ3n) is 2.74. The van der Waals surface area contributed by atoms with E-state index in [2.05, 4.69) is 6.07 Å². The minimum atomic E-state index is -0.938. The molecule has 2 rings (SSSR count). The van der Waals surface area contributed by atoms with Crippen LogP contribution in [0.4, 0.5) is 0 Å². The summed E-state index contributed by atoms with van der Waals surface area (Å²) in [6.45, 7) is 2.31. The Morgan fingerprint density at radius 1 is 1.47 bits per heavy atom. The molecule has 0 bridgehead atoms. The molecule has 1 heterocycles. The average molecular weight is 201 g/mol. The fraction of sp³-hybridized carbons (Fsp3) is 0.333. The number of hydrogen-bond donors (Lipinski definition) is 0. The molecule has 3 nitrogen and oxygen atoms in total. The zero-order valence-electron chi connectivity index (χ0n) is 8.49. The number of carbonyl (C=O) groups is 1. The second-order valence-electron chi connectivity index (χ2n) is 3.83. The van der Waals surface area contributed by atoms with Gasteiger partial charge in [-0.25, -0.2) is 0 Å². The molecule has 0 aromatic heterocycles. The molecule has 0 N–H and O–H groups in total. The van der Waals surface area contributed by atoms with Crippen LogP contribution in [0.5, 0.6) is 0 Å². The van der Waals surface area contributed by atoms with Crippen molar-refractivity contribution in [2.45, 2.75) is 6.92 Å². The molecule has 76 valence electrons. The summed E-state index contributed by atoms with van der Waals surface area (Å²) in [5.41, 5.74) is 0.595. The molecule has 0 saturated carbocycles. The van der Waals surface area contributed by atoms with Crippen LogP contribution in [0.2, 0.25) is 0 Å². The fourth-order valence-corrected chi connectivity index (χ4v) is 1.64. The molecule has 1 aromatic rings. The molecule has 0 amide bonds. The van der Waals surface area contributed by atoms with Crippen molar-refractivity contribution in [2.24, 2.45) is 5.41 Å². The molecular weight excluding hydrogens is 190 g/mol. The summed E-state index contributed by atoms with van der Waals surface area (Å²) in [7, 11) is 0. The van der Waals surface area contributed by atoms with Crippen molar-refractivity contribution in [2.75, 3.05) is 13.2 Å². The first-order valence-electron chi connectivity index (χ1n) is 4.79. The number of rotatable bonds is 2. The molecule has 0 atom stereocenters. The van der Waals surface area contributed by atoms with Gasteiger partial charge in [-0.2, -0.15) is 5.26 Å². The Morgan fingerprint density at radius 2 is 2.13 bits per heavy atom. The number of nitrogens with zero attached hydrogens (tertiary/aromatic N) is 1. The maximum atomic E-state index is 12.1. The predicted octanol–water partition coefficient (Wildman–Crippen LogP) is 1.72. The Balaban J connectivity index is 2.37. The van der Waals surface area contributed by atoms with Gasteiger partial charge in [0.1, 0.15) is 0 Å². The van der Waals surface area contributed by atoms with Gasteiger partial charge in [0.2, 0.25) is 0 Å². The van der Waals surface area contributed by atoms with Crippen LogP contribution in [0, 0.1) is 23.7 Å². The van der Waals surface area contributed by atoms with Crippen molar-refractivity contribution < 1.29 is 9.53 Å². The standard InChI is InChI=1S/C12H11NO2/c1-9-4-2-3-5-10(9)11(14)12(6-13)7-15-8-12/h2-5H,7-8H2,1H3. The number of benzene rings is 1. The third kappa shape index (κ3) is 1.43. The van der Waals surface area contributed by atoms with Crippen LogP contribution in [0.3, 0.4) is 0 Å². The summed E-state index contributed by atoms with van der Waals surface area (Å²) < 4.78 is 4.97. The largest absolute Gasteiger partial charge is 0.377 e. The molecule has 15 heavy (non-hydrogen) atoms. The minimum Gasteiger partial charge on any atom is -0.377 e. The van der Waals surface area contributed by atoms with Gasteiger partial charge >= 0.3 is 0 Å². The molecule has 0 aliphatic carbocycles. The molecule has 1 aliphatic heterocycles. The highest BCUT2D eigenvalue weighted by Gasteiger charge is 2.46. The van der Waals surface area contributed by atoms with Crippen molar-refractivity contribution in [3.63, 3.8) is 0 Å². The second kappa shape index (κ2) is 3.48. The molecule has 0 radical (unpaired) electrons. The molecule has 1 aromatic carbocycles. The van der Waals surface area contributed by atoms with E-state index in [4.69, 9.17) is 10.00 Å². The van der Waals surface area contributed by atoms with Gasteiger partial charge in [0, 0.05) is 5.56 Å². The summed E-state index contributed by atoms with van der Waals surface area (Å²) in [6.07, 6.45) is 0. The molecule has 3 heteroatoms. The van der Waals surface area contributed by atoms with Gasteiger partial charge in [0.15, 0.2) is 11.2 Å². The van der Waals surface area contributed by atoms with Crippen LogP contribution in [0.15, 0.2) is 24.3 Å². The lowest BCUT2D eigenvalue weighted by Crippen LogP contribution is -2.48. The Hall–Kier alpha value is -1.66. The van der Waals surface area contributed by atoms with Crippen molar-refractivity contribution >= 4 is 5.78 Å². The van der Waals surface area contributed by atoms with Gasteiger partial charge in [-0.1, -0.05) is 24.3 Å². The summed E-state index contributed by atoms with van der Waals surface area (Å²) in [5, 5.41) is 9.01. The van der Waals surface area contributed by atoms with Gasteiger partial charge in [0.05, 0.1) is 19.3 Å². The monoisotopic (exact) mass is 201 g/mol. The first-order chi connectivity index (χ1) is 7.19. The highest BCUT2D eigenvalue weighted by Crippen LogP contribution is 2.31. The Kier molecular flexibility index (Phi) is 2.29. The van der Waals surface area contributed by atoms with Gasteiger partial charge < -0.3 is 4.74 Å². The van der Waals surface area contributed by atoms with E-state index in [9.17, 15) is 4.79 Å². The van der Waals surface area contributed by atoms with E-state index >= 15 is 0 Å². The first kappa shape index (κ1) is 9.88. The maximum absolute atomic E-state index is 12.1. The summed E-state index contributed by atoms with van der Waals surface area (Å²) in [5.74, 6) is -0.116. The van der Waals surface area contributed by atoms with Gasteiger partial charge in [0.25, 0.3) is 0 Å². The van der Waals surface area contributed by atoms with E-state index in [0.29, 0.717) is 5.56 Å². The lowest BCUT2D eigenvalue weighted by Gasteiger charge is -2.33. The van der Waals surface area contributed by atoms with Crippen LogP contribution in [-0.4, -0.2) is 19.0 Å².